The normalized spacial score (nSPS) is 18.1. The molecule has 0 aliphatic carbocycles. The topological polar surface area (TPSA) is 74.5 Å². The first-order valence-corrected chi connectivity index (χ1v) is 9.20. The number of likely N-dealkylation sites (N-methyl/N-ethyl adjacent to an activating group) is 1. The number of hydrogen-bond donors (Lipinski definition) is 1. The molecule has 1 atom stereocenters. The summed E-state index contributed by atoms with van der Waals surface area (Å²) >= 11 is 0. The van der Waals surface area contributed by atoms with Gasteiger partial charge in [0.1, 0.15) is 5.82 Å². The lowest BCUT2D eigenvalue weighted by atomic mass is 10.2. The molecule has 0 aromatic carbocycles. The summed E-state index contributed by atoms with van der Waals surface area (Å²) < 4.78 is 5.23. The van der Waals surface area contributed by atoms with Crippen LogP contribution in [0, 0.1) is 0 Å². The lowest BCUT2D eigenvalue weighted by Gasteiger charge is -2.38. The van der Waals surface area contributed by atoms with Crippen molar-refractivity contribution in [3.8, 4) is 0 Å². The molecule has 1 N–H and O–H groups in total. The molecule has 1 aliphatic rings. The maximum Gasteiger partial charge on any atom is 0.253 e. The lowest BCUT2D eigenvalue weighted by Crippen LogP contribution is -2.50. The number of piperazine rings is 1. The minimum atomic E-state index is -0.163. The van der Waals surface area contributed by atoms with Crippen LogP contribution in [0.3, 0.4) is 0 Å². The van der Waals surface area contributed by atoms with Gasteiger partial charge >= 0.3 is 0 Å². The number of carbonyl (C=O) groups is 1. The summed E-state index contributed by atoms with van der Waals surface area (Å²) in [5.41, 5.74) is 1.47. The van der Waals surface area contributed by atoms with Gasteiger partial charge in [0, 0.05) is 37.9 Å². The predicted molar refractivity (Wildman–Crippen MR) is 100 cm³/mol. The molecule has 3 rings (SSSR count). The van der Waals surface area contributed by atoms with Gasteiger partial charge in [-0.3, -0.25) is 4.79 Å². The highest BCUT2D eigenvalue weighted by molar-refractivity contribution is 5.93. The summed E-state index contributed by atoms with van der Waals surface area (Å²) in [6.45, 7) is 7.54. The van der Waals surface area contributed by atoms with Crippen LogP contribution in [-0.4, -0.2) is 53.7 Å². The van der Waals surface area contributed by atoms with Gasteiger partial charge in [-0.15, -0.1) is 0 Å². The number of hydrogen-bond acceptors (Lipinski definition) is 6. The van der Waals surface area contributed by atoms with E-state index in [1.165, 1.54) is 0 Å². The van der Waals surface area contributed by atoms with Crippen molar-refractivity contribution < 1.29 is 9.32 Å². The molecule has 1 saturated heterocycles. The van der Waals surface area contributed by atoms with Gasteiger partial charge in [0.15, 0.2) is 5.76 Å². The van der Waals surface area contributed by atoms with Crippen molar-refractivity contribution in [1.82, 2.24) is 20.4 Å². The van der Waals surface area contributed by atoms with Gasteiger partial charge in [-0.05, 0) is 32.5 Å². The number of anilines is 1. The van der Waals surface area contributed by atoms with Crippen LogP contribution in [-0.2, 0) is 13.0 Å². The Kier molecular flexibility index (Phi) is 5.88. The van der Waals surface area contributed by atoms with Crippen molar-refractivity contribution in [3.05, 3.63) is 41.4 Å². The Morgan fingerprint density at radius 3 is 2.92 bits per heavy atom. The minimum Gasteiger partial charge on any atom is -0.359 e. The van der Waals surface area contributed by atoms with E-state index in [9.17, 15) is 4.79 Å². The molecule has 0 saturated carbocycles. The standard InChI is InChI=1S/C19H27N5O2/c1-4-5-16-10-17(26-22-16)12-21-19(25)15-6-7-18(20-11-15)24-9-8-23(3)14(2)13-24/h6-7,10-11,14H,4-5,8-9,12-13H2,1-3H3,(H,21,25). The first-order chi connectivity index (χ1) is 12.6. The van der Waals surface area contributed by atoms with E-state index in [1.807, 2.05) is 18.2 Å². The minimum absolute atomic E-state index is 0.163. The highest BCUT2D eigenvalue weighted by atomic mass is 16.5. The zero-order chi connectivity index (χ0) is 18.5. The van der Waals surface area contributed by atoms with Crippen LogP contribution in [0.2, 0.25) is 0 Å². The third-order valence-corrected chi connectivity index (χ3v) is 4.83. The molecule has 1 fully saturated rings. The van der Waals surface area contributed by atoms with Crippen molar-refractivity contribution in [2.24, 2.45) is 0 Å². The molecule has 1 amide bonds. The SMILES string of the molecule is CCCc1cc(CNC(=O)c2ccc(N3CCN(C)C(C)C3)nc2)on1. The van der Waals surface area contributed by atoms with Crippen LogP contribution < -0.4 is 10.2 Å². The molecular weight excluding hydrogens is 330 g/mol. The number of nitrogens with zero attached hydrogens (tertiary/aromatic N) is 4. The molecule has 3 heterocycles. The summed E-state index contributed by atoms with van der Waals surface area (Å²) in [4.78, 5) is 21.4. The molecule has 0 bridgehead atoms. The number of pyridine rings is 1. The Morgan fingerprint density at radius 1 is 1.38 bits per heavy atom. The molecule has 0 radical (unpaired) electrons. The van der Waals surface area contributed by atoms with E-state index >= 15 is 0 Å². The summed E-state index contributed by atoms with van der Waals surface area (Å²) in [6, 6.07) is 6.12. The molecule has 26 heavy (non-hydrogen) atoms. The molecule has 7 nitrogen and oxygen atoms in total. The van der Waals surface area contributed by atoms with Crippen LogP contribution >= 0.6 is 0 Å². The molecule has 140 valence electrons. The van der Waals surface area contributed by atoms with Gasteiger partial charge in [0.2, 0.25) is 0 Å². The number of aryl methyl sites for hydroxylation is 1. The second-order valence-electron chi connectivity index (χ2n) is 6.90. The molecule has 0 spiro atoms. The number of aromatic nitrogens is 2. The van der Waals surface area contributed by atoms with Crippen molar-refractivity contribution in [2.75, 3.05) is 31.6 Å². The third-order valence-electron chi connectivity index (χ3n) is 4.83. The fourth-order valence-electron chi connectivity index (χ4n) is 3.05. The Labute approximate surface area is 154 Å². The summed E-state index contributed by atoms with van der Waals surface area (Å²) in [7, 11) is 2.14. The quantitative estimate of drug-likeness (QED) is 0.853. The number of rotatable bonds is 6. The fraction of sp³-hybridized carbons (Fsp3) is 0.526. The maximum absolute atomic E-state index is 12.3. The molecule has 1 aliphatic heterocycles. The Bertz CT molecular complexity index is 728. The van der Waals surface area contributed by atoms with E-state index in [0.29, 0.717) is 23.9 Å². The van der Waals surface area contributed by atoms with Gasteiger partial charge in [0.25, 0.3) is 5.91 Å². The van der Waals surface area contributed by atoms with Gasteiger partial charge in [-0.25, -0.2) is 4.98 Å². The monoisotopic (exact) mass is 357 g/mol. The molecule has 7 heteroatoms. The first kappa shape index (κ1) is 18.4. The van der Waals surface area contributed by atoms with E-state index in [1.54, 1.807) is 6.20 Å². The summed E-state index contributed by atoms with van der Waals surface area (Å²) in [5, 5.41) is 6.83. The zero-order valence-electron chi connectivity index (χ0n) is 15.7. The van der Waals surface area contributed by atoms with E-state index in [2.05, 4.69) is 46.2 Å². The smallest absolute Gasteiger partial charge is 0.253 e. The van der Waals surface area contributed by atoms with E-state index < -0.39 is 0 Å². The second kappa shape index (κ2) is 8.31. The summed E-state index contributed by atoms with van der Waals surface area (Å²) in [6.07, 6.45) is 3.53. The Hall–Kier alpha value is -2.41. The largest absolute Gasteiger partial charge is 0.359 e. The summed E-state index contributed by atoms with van der Waals surface area (Å²) in [5.74, 6) is 1.42. The van der Waals surface area contributed by atoms with Gasteiger partial charge in [-0.2, -0.15) is 0 Å². The third kappa shape index (κ3) is 4.40. The van der Waals surface area contributed by atoms with Crippen LogP contribution in [0.25, 0.3) is 0 Å². The van der Waals surface area contributed by atoms with Crippen molar-refractivity contribution in [2.45, 2.75) is 39.3 Å². The van der Waals surface area contributed by atoms with E-state index in [-0.39, 0.29) is 5.91 Å². The highest BCUT2D eigenvalue weighted by Crippen LogP contribution is 2.16. The lowest BCUT2D eigenvalue weighted by molar-refractivity contribution is 0.0946. The van der Waals surface area contributed by atoms with Crippen molar-refractivity contribution in [3.63, 3.8) is 0 Å². The fourth-order valence-corrected chi connectivity index (χ4v) is 3.05. The highest BCUT2D eigenvalue weighted by Gasteiger charge is 2.21. The average molecular weight is 357 g/mol. The predicted octanol–water partition coefficient (Wildman–Crippen LogP) is 2.09. The Balaban J connectivity index is 1.55. The average Bonchev–Trinajstić information content (AvgIpc) is 3.10. The van der Waals surface area contributed by atoms with Crippen molar-refractivity contribution >= 4 is 11.7 Å². The maximum atomic E-state index is 12.3. The zero-order valence-corrected chi connectivity index (χ0v) is 15.7. The molecule has 2 aromatic rings. The van der Waals surface area contributed by atoms with Crippen LogP contribution in [0.1, 0.15) is 42.1 Å². The number of carbonyl (C=O) groups excluding carboxylic acids is 1. The first-order valence-electron chi connectivity index (χ1n) is 9.20. The number of amides is 1. The van der Waals surface area contributed by atoms with E-state index in [0.717, 1.165) is 44.0 Å². The number of nitrogens with one attached hydrogen (secondary N) is 1. The second-order valence-corrected chi connectivity index (χ2v) is 6.90. The van der Waals surface area contributed by atoms with Crippen LogP contribution in [0.15, 0.2) is 28.9 Å². The molecular formula is C19H27N5O2. The van der Waals surface area contributed by atoms with Crippen LogP contribution in [0.4, 0.5) is 5.82 Å². The van der Waals surface area contributed by atoms with Gasteiger partial charge < -0.3 is 19.6 Å². The van der Waals surface area contributed by atoms with E-state index in [4.69, 9.17) is 4.52 Å². The van der Waals surface area contributed by atoms with Gasteiger partial charge in [-0.1, -0.05) is 18.5 Å². The van der Waals surface area contributed by atoms with Crippen LogP contribution in [0.5, 0.6) is 0 Å². The van der Waals surface area contributed by atoms with Crippen molar-refractivity contribution in [1.29, 1.82) is 0 Å². The Morgan fingerprint density at radius 2 is 2.23 bits per heavy atom. The molecule has 1 unspecified atom stereocenters. The van der Waals surface area contributed by atoms with Gasteiger partial charge in [0.05, 0.1) is 17.8 Å². The molecule has 2 aromatic heterocycles.